The van der Waals surface area contributed by atoms with E-state index in [1.54, 1.807) is 0 Å². The lowest BCUT2D eigenvalue weighted by Gasteiger charge is -2.21. The molecular formula is C13H19BrN2O. The number of carbonyl (C=O) groups is 1. The fourth-order valence-electron chi connectivity index (χ4n) is 1.68. The van der Waals surface area contributed by atoms with Gasteiger partial charge in [0, 0.05) is 11.0 Å². The number of primary amides is 1. The summed E-state index contributed by atoms with van der Waals surface area (Å²) in [5, 5.41) is 0. The summed E-state index contributed by atoms with van der Waals surface area (Å²) < 4.78 is 1.07. The summed E-state index contributed by atoms with van der Waals surface area (Å²) in [5.74, 6) is -0.270. The maximum atomic E-state index is 11.0. The molecule has 3 nitrogen and oxygen atoms in total. The summed E-state index contributed by atoms with van der Waals surface area (Å²) >= 11 is 3.52. The Morgan fingerprint density at radius 2 is 2.12 bits per heavy atom. The van der Waals surface area contributed by atoms with Crippen LogP contribution in [0.2, 0.25) is 0 Å². The number of benzene rings is 1. The van der Waals surface area contributed by atoms with Gasteiger partial charge in [0.15, 0.2) is 0 Å². The van der Waals surface area contributed by atoms with Crippen molar-refractivity contribution < 1.29 is 4.79 Å². The summed E-state index contributed by atoms with van der Waals surface area (Å²) in [7, 11) is 0. The lowest BCUT2D eigenvalue weighted by Crippen LogP contribution is -2.34. The van der Waals surface area contributed by atoms with E-state index in [1.165, 1.54) is 5.56 Å². The van der Waals surface area contributed by atoms with Crippen LogP contribution in [0.3, 0.4) is 0 Å². The van der Waals surface area contributed by atoms with Crippen molar-refractivity contribution >= 4 is 21.8 Å². The minimum absolute atomic E-state index is 0.270. The van der Waals surface area contributed by atoms with E-state index in [0.29, 0.717) is 6.54 Å². The maximum absolute atomic E-state index is 11.0. The van der Waals surface area contributed by atoms with Crippen LogP contribution >= 0.6 is 15.9 Å². The van der Waals surface area contributed by atoms with Crippen LogP contribution < -0.4 is 5.73 Å². The van der Waals surface area contributed by atoms with Crippen LogP contribution in [0.4, 0.5) is 0 Å². The fourth-order valence-corrected chi connectivity index (χ4v) is 2.09. The first-order valence-electron chi connectivity index (χ1n) is 5.87. The lowest BCUT2D eigenvalue weighted by atomic mass is 10.2. The van der Waals surface area contributed by atoms with Crippen molar-refractivity contribution in [3.63, 3.8) is 0 Å². The van der Waals surface area contributed by atoms with Crippen LogP contribution in [-0.2, 0) is 11.3 Å². The zero-order valence-corrected chi connectivity index (χ0v) is 11.7. The molecule has 0 aliphatic heterocycles. The average molecular weight is 299 g/mol. The van der Waals surface area contributed by atoms with Crippen LogP contribution in [-0.4, -0.2) is 23.9 Å². The van der Waals surface area contributed by atoms with Gasteiger partial charge in [0.25, 0.3) is 0 Å². The van der Waals surface area contributed by atoms with Gasteiger partial charge in [-0.2, -0.15) is 0 Å². The van der Waals surface area contributed by atoms with Crippen LogP contribution in [0.1, 0.15) is 25.3 Å². The molecule has 1 amide bonds. The summed E-state index contributed by atoms with van der Waals surface area (Å²) in [4.78, 5) is 13.1. The van der Waals surface area contributed by atoms with Crippen molar-refractivity contribution in [1.82, 2.24) is 4.90 Å². The van der Waals surface area contributed by atoms with Crippen molar-refractivity contribution in [1.29, 1.82) is 0 Å². The summed E-state index contributed by atoms with van der Waals surface area (Å²) in [6.45, 7) is 4.12. The number of rotatable bonds is 7. The number of nitrogens with zero attached hydrogens (tertiary/aromatic N) is 1. The van der Waals surface area contributed by atoms with Crippen molar-refractivity contribution in [2.75, 3.05) is 13.1 Å². The number of amides is 1. The quantitative estimate of drug-likeness (QED) is 0.841. The Kier molecular flexibility index (Phi) is 6.22. The number of halogens is 1. The summed E-state index contributed by atoms with van der Waals surface area (Å²) in [5.41, 5.74) is 6.45. The van der Waals surface area contributed by atoms with Gasteiger partial charge in [-0.1, -0.05) is 47.5 Å². The van der Waals surface area contributed by atoms with Gasteiger partial charge in [0.05, 0.1) is 6.54 Å². The minimum atomic E-state index is -0.270. The molecule has 4 heteroatoms. The SMILES string of the molecule is CCCCN(CC(N)=O)Cc1ccccc1Br. The van der Waals surface area contributed by atoms with Gasteiger partial charge in [-0.3, -0.25) is 9.69 Å². The second kappa shape index (κ2) is 7.45. The molecule has 0 unspecified atom stereocenters. The second-order valence-corrected chi connectivity index (χ2v) is 4.98. The highest BCUT2D eigenvalue weighted by Gasteiger charge is 2.10. The Morgan fingerprint density at radius 1 is 1.41 bits per heavy atom. The Balaban J connectivity index is 2.64. The van der Waals surface area contributed by atoms with E-state index in [0.717, 1.165) is 30.4 Å². The highest BCUT2D eigenvalue weighted by atomic mass is 79.9. The number of carbonyl (C=O) groups excluding carboxylic acids is 1. The number of hydrogen-bond donors (Lipinski definition) is 1. The molecule has 0 atom stereocenters. The molecule has 0 spiro atoms. The zero-order chi connectivity index (χ0) is 12.7. The highest BCUT2D eigenvalue weighted by molar-refractivity contribution is 9.10. The summed E-state index contributed by atoms with van der Waals surface area (Å²) in [6, 6.07) is 8.06. The van der Waals surface area contributed by atoms with Gasteiger partial charge in [-0.25, -0.2) is 0 Å². The molecular weight excluding hydrogens is 280 g/mol. The molecule has 0 fully saturated rings. The molecule has 0 heterocycles. The van der Waals surface area contributed by atoms with Crippen molar-refractivity contribution in [3.8, 4) is 0 Å². The van der Waals surface area contributed by atoms with Crippen molar-refractivity contribution in [2.24, 2.45) is 5.73 Å². The molecule has 0 bridgehead atoms. The van der Waals surface area contributed by atoms with E-state index >= 15 is 0 Å². The van der Waals surface area contributed by atoms with E-state index in [1.807, 2.05) is 18.2 Å². The van der Waals surface area contributed by atoms with Gasteiger partial charge in [-0.15, -0.1) is 0 Å². The van der Waals surface area contributed by atoms with Crippen molar-refractivity contribution in [2.45, 2.75) is 26.3 Å². The van der Waals surface area contributed by atoms with Gasteiger partial charge in [0.2, 0.25) is 5.91 Å². The van der Waals surface area contributed by atoms with Gasteiger partial charge >= 0.3 is 0 Å². The van der Waals surface area contributed by atoms with Crippen LogP contribution in [0, 0.1) is 0 Å². The standard InChI is InChI=1S/C13H19BrN2O/c1-2-3-8-16(10-13(15)17)9-11-6-4-5-7-12(11)14/h4-7H,2-3,8-10H2,1H3,(H2,15,17). The molecule has 0 saturated heterocycles. The minimum Gasteiger partial charge on any atom is -0.369 e. The lowest BCUT2D eigenvalue weighted by molar-refractivity contribution is -0.119. The number of hydrogen-bond acceptors (Lipinski definition) is 2. The monoisotopic (exact) mass is 298 g/mol. The molecule has 1 aromatic carbocycles. The largest absolute Gasteiger partial charge is 0.369 e. The Bertz CT molecular complexity index is 368. The molecule has 94 valence electrons. The molecule has 1 rings (SSSR count). The topological polar surface area (TPSA) is 46.3 Å². The van der Waals surface area contributed by atoms with Gasteiger partial charge in [-0.05, 0) is 24.6 Å². The molecule has 17 heavy (non-hydrogen) atoms. The van der Waals surface area contributed by atoms with E-state index < -0.39 is 0 Å². The molecule has 0 aliphatic rings. The first-order chi connectivity index (χ1) is 8.13. The first kappa shape index (κ1) is 14.2. The Morgan fingerprint density at radius 3 is 2.71 bits per heavy atom. The second-order valence-electron chi connectivity index (χ2n) is 4.12. The van der Waals surface area contributed by atoms with Crippen LogP contribution in [0.25, 0.3) is 0 Å². The third-order valence-electron chi connectivity index (χ3n) is 2.56. The number of nitrogens with two attached hydrogens (primary N) is 1. The average Bonchev–Trinajstić information content (AvgIpc) is 2.28. The number of unbranched alkanes of at least 4 members (excludes halogenated alkanes) is 1. The zero-order valence-electron chi connectivity index (χ0n) is 10.2. The Labute approximate surface area is 111 Å². The van der Waals surface area contributed by atoms with Crippen LogP contribution in [0.15, 0.2) is 28.7 Å². The fraction of sp³-hybridized carbons (Fsp3) is 0.462. The maximum Gasteiger partial charge on any atom is 0.231 e. The van der Waals surface area contributed by atoms with Gasteiger partial charge < -0.3 is 5.73 Å². The Hall–Kier alpha value is -0.870. The highest BCUT2D eigenvalue weighted by Crippen LogP contribution is 2.17. The molecule has 0 saturated carbocycles. The van der Waals surface area contributed by atoms with E-state index in [9.17, 15) is 4.79 Å². The molecule has 2 N–H and O–H groups in total. The van der Waals surface area contributed by atoms with E-state index in [4.69, 9.17) is 5.73 Å². The van der Waals surface area contributed by atoms with E-state index in [2.05, 4.69) is 33.8 Å². The first-order valence-corrected chi connectivity index (χ1v) is 6.67. The molecule has 1 aromatic rings. The van der Waals surface area contributed by atoms with Crippen molar-refractivity contribution in [3.05, 3.63) is 34.3 Å². The summed E-state index contributed by atoms with van der Waals surface area (Å²) in [6.07, 6.45) is 2.20. The third-order valence-corrected chi connectivity index (χ3v) is 3.33. The van der Waals surface area contributed by atoms with E-state index in [-0.39, 0.29) is 5.91 Å². The van der Waals surface area contributed by atoms with Gasteiger partial charge in [0.1, 0.15) is 0 Å². The third kappa shape index (κ3) is 5.33. The smallest absolute Gasteiger partial charge is 0.231 e. The molecule has 0 aliphatic carbocycles. The molecule has 0 aromatic heterocycles. The molecule has 0 radical (unpaired) electrons. The van der Waals surface area contributed by atoms with Crippen LogP contribution in [0.5, 0.6) is 0 Å². The predicted molar refractivity (Wildman–Crippen MR) is 73.5 cm³/mol. The predicted octanol–water partition coefficient (Wildman–Crippen LogP) is 2.54. The normalized spacial score (nSPS) is 10.8.